The molecule has 2 amide bonds. The number of hydrogen-bond acceptors (Lipinski definition) is 6. The van der Waals surface area contributed by atoms with Crippen LogP contribution in [0.5, 0.6) is 11.5 Å². The van der Waals surface area contributed by atoms with E-state index in [1.54, 1.807) is 36.4 Å². The zero-order chi connectivity index (χ0) is 32.6. The van der Waals surface area contributed by atoms with E-state index >= 15 is 0 Å². The van der Waals surface area contributed by atoms with Crippen LogP contribution >= 0.6 is 23.2 Å². The summed E-state index contributed by atoms with van der Waals surface area (Å²) in [5.41, 5.74) is 0.978. The molecule has 1 aliphatic rings. The fourth-order valence-electron chi connectivity index (χ4n) is 5.49. The fraction of sp³-hybridized carbons (Fsp3) is 0.394. The van der Waals surface area contributed by atoms with Gasteiger partial charge in [-0.05, 0) is 73.4 Å². The second kappa shape index (κ2) is 15.7. The first-order valence-corrected chi connectivity index (χ1v) is 17.1. The van der Waals surface area contributed by atoms with Gasteiger partial charge in [0, 0.05) is 28.7 Å². The third-order valence-electron chi connectivity index (χ3n) is 7.94. The average Bonchev–Trinajstić information content (AvgIpc) is 3.04. The van der Waals surface area contributed by atoms with Crippen LogP contribution in [0.3, 0.4) is 0 Å². The highest BCUT2D eigenvalue weighted by atomic mass is 35.5. The molecule has 1 saturated carbocycles. The number of ether oxygens (including phenoxy) is 2. The van der Waals surface area contributed by atoms with Gasteiger partial charge in [0.25, 0.3) is 10.0 Å². The van der Waals surface area contributed by atoms with E-state index < -0.39 is 28.5 Å². The molecule has 0 heterocycles. The second-order valence-corrected chi connectivity index (χ2v) is 13.7. The topological polar surface area (TPSA) is 105 Å². The molecule has 3 aromatic rings. The summed E-state index contributed by atoms with van der Waals surface area (Å²) in [6.07, 6.45) is 5.34. The maximum Gasteiger partial charge on any atom is 0.264 e. The monoisotopic (exact) mass is 675 g/mol. The number of anilines is 1. The van der Waals surface area contributed by atoms with Crippen molar-refractivity contribution in [2.75, 3.05) is 25.1 Å². The van der Waals surface area contributed by atoms with Gasteiger partial charge < -0.3 is 19.7 Å². The number of rotatable bonds is 13. The second-order valence-electron chi connectivity index (χ2n) is 10.9. The van der Waals surface area contributed by atoms with E-state index in [2.05, 4.69) is 5.32 Å². The van der Waals surface area contributed by atoms with E-state index in [4.69, 9.17) is 32.7 Å². The molecule has 0 spiro atoms. The van der Waals surface area contributed by atoms with Crippen LogP contribution in [0, 0.1) is 0 Å². The summed E-state index contributed by atoms with van der Waals surface area (Å²) < 4.78 is 40.1. The number of amides is 2. The SMILES string of the molecule is CC[C@H](C(=O)NC1CCCCC1)N(Cc1ccc(Cl)cc1)C(=O)CN(c1ccc(Cl)cc1)S(=O)(=O)c1ccc(OC)c(OC)c1. The third kappa shape index (κ3) is 8.62. The molecule has 0 unspecified atom stereocenters. The number of methoxy groups -OCH3 is 2. The normalized spacial score (nSPS) is 14.3. The minimum atomic E-state index is -4.32. The van der Waals surface area contributed by atoms with Crippen LogP contribution in [-0.2, 0) is 26.2 Å². The molecule has 1 N–H and O–H groups in total. The lowest BCUT2D eigenvalue weighted by molar-refractivity contribution is -0.140. The summed E-state index contributed by atoms with van der Waals surface area (Å²) in [5, 5.41) is 4.09. The van der Waals surface area contributed by atoms with Crippen LogP contribution in [0.2, 0.25) is 10.0 Å². The molecular weight excluding hydrogens is 637 g/mol. The van der Waals surface area contributed by atoms with E-state index in [-0.39, 0.29) is 34.8 Å². The van der Waals surface area contributed by atoms with Crippen molar-refractivity contribution in [1.29, 1.82) is 0 Å². The summed E-state index contributed by atoms with van der Waals surface area (Å²) >= 11 is 12.2. The first kappa shape index (κ1) is 34.4. The van der Waals surface area contributed by atoms with Crippen molar-refractivity contribution in [2.24, 2.45) is 0 Å². The predicted molar refractivity (Wildman–Crippen MR) is 177 cm³/mol. The molecule has 4 rings (SSSR count). The Labute approximate surface area is 275 Å². The Kier molecular flexibility index (Phi) is 12.0. The molecule has 0 bridgehead atoms. The number of hydrogen-bond donors (Lipinski definition) is 1. The van der Waals surface area contributed by atoms with Crippen molar-refractivity contribution >= 4 is 50.7 Å². The van der Waals surface area contributed by atoms with Gasteiger partial charge in [-0.25, -0.2) is 8.42 Å². The van der Waals surface area contributed by atoms with Gasteiger partial charge in [-0.1, -0.05) is 61.5 Å². The quantitative estimate of drug-likeness (QED) is 0.223. The fourth-order valence-corrected chi connectivity index (χ4v) is 7.17. The molecular formula is C33H39Cl2N3O6S. The van der Waals surface area contributed by atoms with Crippen LogP contribution in [0.1, 0.15) is 51.0 Å². The lowest BCUT2D eigenvalue weighted by Gasteiger charge is -2.34. The first-order chi connectivity index (χ1) is 21.6. The average molecular weight is 677 g/mol. The molecule has 45 heavy (non-hydrogen) atoms. The minimum Gasteiger partial charge on any atom is -0.493 e. The number of carbonyl (C=O) groups excluding carboxylic acids is 2. The number of benzene rings is 3. The van der Waals surface area contributed by atoms with Crippen molar-refractivity contribution in [3.05, 3.63) is 82.3 Å². The smallest absolute Gasteiger partial charge is 0.264 e. The van der Waals surface area contributed by atoms with Crippen molar-refractivity contribution in [3.63, 3.8) is 0 Å². The Hall–Kier alpha value is -3.47. The Morgan fingerprint density at radius 3 is 2.07 bits per heavy atom. The molecule has 0 saturated heterocycles. The summed E-state index contributed by atoms with van der Waals surface area (Å²) in [7, 11) is -1.46. The number of carbonyl (C=O) groups is 2. The van der Waals surface area contributed by atoms with Gasteiger partial charge >= 0.3 is 0 Å². The first-order valence-electron chi connectivity index (χ1n) is 14.9. The number of nitrogens with one attached hydrogen (secondary N) is 1. The summed E-state index contributed by atoms with van der Waals surface area (Å²) in [6, 6.07) is 16.6. The van der Waals surface area contributed by atoms with Crippen molar-refractivity contribution in [3.8, 4) is 11.5 Å². The van der Waals surface area contributed by atoms with Gasteiger partial charge in [0.1, 0.15) is 12.6 Å². The largest absolute Gasteiger partial charge is 0.493 e. The van der Waals surface area contributed by atoms with E-state index in [1.165, 1.54) is 49.5 Å². The van der Waals surface area contributed by atoms with Gasteiger partial charge in [-0.2, -0.15) is 0 Å². The summed E-state index contributed by atoms with van der Waals surface area (Å²) in [6.45, 7) is 1.35. The van der Waals surface area contributed by atoms with Gasteiger partial charge in [-0.15, -0.1) is 0 Å². The van der Waals surface area contributed by atoms with E-state index in [0.29, 0.717) is 22.2 Å². The molecule has 9 nitrogen and oxygen atoms in total. The van der Waals surface area contributed by atoms with Crippen LogP contribution in [0.4, 0.5) is 5.69 Å². The molecule has 0 aromatic heterocycles. The number of halogens is 2. The number of sulfonamides is 1. The van der Waals surface area contributed by atoms with E-state index in [0.717, 1.165) is 42.0 Å². The molecule has 0 aliphatic heterocycles. The highest BCUT2D eigenvalue weighted by molar-refractivity contribution is 7.92. The molecule has 1 atom stereocenters. The van der Waals surface area contributed by atoms with Crippen molar-refractivity contribution in [2.45, 2.75) is 69.0 Å². The maximum absolute atomic E-state index is 14.3. The van der Waals surface area contributed by atoms with Crippen LogP contribution in [-0.4, -0.2) is 58.0 Å². The predicted octanol–water partition coefficient (Wildman–Crippen LogP) is 6.46. The Bertz CT molecular complexity index is 1560. The maximum atomic E-state index is 14.3. The van der Waals surface area contributed by atoms with Crippen molar-refractivity contribution < 1.29 is 27.5 Å². The molecule has 1 fully saturated rings. The summed E-state index contributed by atoms with van der Waals surface area (Å²) in [4.78, 5) is 29.3. The number of nitrogens with zero attached hydrogens (tertiary/aromatic N) is 2. The Morgan fingerprint density at radius 2 is 1.49 bits per heavy atom. The highest BCUT2D eigenvalue weighted by Crippen LogP contribution is 2.33. The van der Waals surface area contributed by atoms with Crippen LogP contribution in [0.25, 0.3) is 0 Å². The third-order valence-corrected chi connectivity index (χ3v) is 10.2. The molecule has 1 aliphatic carbocycles. The molecule has 12 heteroatoms. The van der Waals surface area contributed by atoms with Crippen molar-refractivity contribution in [1.82, 2.24) is 10.2 Å². The zero-order valence-corrected chi connectivity index (χ0v) is 28.0. The highest BCUT2D eigenvalue weighted by Gasteiger charge is 2.35. The van der Waals surface area contributed by atoms with Gasteiger partial charge in [-0.3, -0.25) is 13.9 Å². The standard InChI is InChI=1S/C33H39Cl2N3O6S/c1-4-29(33(40)36-26-8-6-5-7-9-26)37(21-23-10-12-24(34)13-11-23)32(39)22-38(27-16-14-25(35)15-17-27)45(41,42)28-18-19-30(43-2)31(20-28)44-3/h10-20,26,29H,4-9,21-22H2,1-3H3,(H,36,40)/t29-/m1/s1. The minimum absolute atomic E-state index is 0.0452. The molecule has 0 radical (unpaired) electrons. The van der Waals surface area contributed by atoms with Gasteiger partial charge in [0.2, 0.25) is 11.8 Å². The van der Waals surface area contributed by atoms with E-state index in [1.807, 2.05) is 6.92 Å². The molecule has 242 valence electrons. The van der Waals surface area contributed by atoms with E-state index in [9.17, 15) is 18.0 Å². The lowest BCUT2D eigenvalue weighted by Crippen LogP contribution is -2.54. The van der Waals surface area contributed by atoms with Crippen LogP contribution in [0.15, 0.2) is 71.6 Å². The Morgan fingerprint density at radius 1 is 0.889 bits per heavy atom. The van der Waals surface area contributed by atoms with Gasteiger partial charge in [0.05, 0.1) is 24.8 Å². The zero-order valence-electron chi connectivity index (χ0n) is 25.7. The summed E-state index contributed by atoms with van der Waals surface area (Å²) in [5.74, 6) is -0.229. The van der Waals surface area contributed by atoms with Gasteiger partial charge in [0.15, 0.2) is 11.5 Å². The Balaban J connectivity index is 1.73. The lowest BCUT2D eigenvalue weighted by atomic mass is 9.95. The van der Waals surface area contributed by atoms with Crippen LogP contribution < -0.4 is 19.1 Å². The molecule has 3 aromatic carbocycles.